The molecule has 5 nitrogen and oxygen atoms in total. The normalized spacial score (nSPS) is 19.0. The van der Waals surface area contributed by atoms with Crippen LogP contribution < -0.4 is 0 Å². The molecule has 1 aliphatic rings. The van der Waals surface area contributed by atoms with E-state index in [1.165, 1.54) is 4.70 Å². The molecule has 1 fully saturated rings. The Morgan fingerprint density at radius 2 is 2.17 bits per heavy atom. The van der Waals surface area contributed by atoms with E-state index < -0.39 is 12.0 Å². The van der Waals surface area contributed by atoms with Gasteiger partial charge in [0.1, 0.15) is 6.04 Å². The molecule has 2 aromatic heterocycles. The van der Waals surface area contributed by atoms with Gasteiger partial charge in [-0.1, -0.05) is 34.1 Å². The number of halogens is 1. The number of aliphatic carboxylic acids is 1. The first-order valence-corrected chi connectivity index (χ1v) is 11.3. The van der Waals surface area contributed by atoms with Crippen molar-refractivity contribution in [3.63, 3.8) is 0 Å². The number of nitrogens with one attached hydrogen (secondary N) is 1. The summed E-state index contributed by atoms with van der Waals surface area (Å²) in [5.41, 5.74) is 2.80. The Bertz CT molecular complexity index is 1170. The number of thiazole rings is 1. The van der Waals surface area contributed by atoms with Gasteiger partial charge in [-0.2, -0.15) is 0 Å². The molecule has 0 aliphatic carbocycles. The van der Waals surface area contributed by atoms with Gasteiger partial charge in [-0.05, 0) is 43.7 Å². The van der Waals surface area contributed by atoms with E-state index in [0.717, 1.165) is 50.8 Å². The molecule has 5 rings (SSSR count). The van der Waals surface area contributed by atoms with Crippen molar-refractivity contribution in [3.8, 4) is 0 Å². The Balaban J connectivity index is 1.47. The number of piperidine rings is 1. The monoisotopic (exact) mass is 469 g/mol. The zero-order chi connectivity index (χ0) is 20.0. The summed E-state index contributed by atoms with van der Waals surface area (Å²) >= 11 is 5.21. The summed E-state index contributed by atoms with van der Waals surface area (Å²) in [6.07, 6.45) is 3.86. The number of H-pyrrole nitrogens is 1. The number of carbonyl (C=O) groups is 1. The second-order valence-electron chi connectivity index (χ2n) is 7.53. The van der Waals surface area contributed by atoms with Crippen LogP contribution in [0.4, 0.5) is 0 Å². The summed E-state index contributed by atoms with van der Waals surface area (Å²) in [6.45, 7) is 1.49. The fourth-order valence-electron chi connectivity index (χ4n) is 4.34. The summed E-state index contributed by atoms with van der Waals surface area (Å²) < 4.78 is 2.16. The zero-order valence-electron chi connectivity index (χ0n) is 15.6. The second-order valence-corrected chi connectivity index (χ2v) is 9.51. The van der Waals surface area contributed by atoms with E-state index in [1.807, 2.05) is 42.6 Å². The average Bonchev–Trinajstić information content (AvgIpc) is 3.32. The third-order valence-corrected chi connectivity index (χ3v) is 7.37. The van der Waals surface area contributed by atoms with Crippen molar-refractivity contribution in [2.24, 2.45) is 0 Å². The molecule has 0 amide bonds. The molecule has 2 N–H and O–H groups in total. The minimum Gasteiger partial charge on any atom is -0.480 e. The number of hydrogen-bond acceptors (Lipinski definition) is 4. The maximum Gasteiger partial charge on any atom is 0.325 e. The third kappa shape index (κ3) is 3.47. The van der Waals surface area contributed by atoms with Crippen molar-refractivity contribution >= 4 is 54.4 Å². The summed E-state index contributed by atoms with van der Waals surface area (Å²) in [7, 11) is 0. The van der Waals surface area contributed by atoms with Crippen LogP contribution in [0.3, 0.4) is 0 Å². The first-order chi connectivity index (χ1) is 14.1. The van der Waals surface area contributed by atoms with Crippen LogP contribution in [0.15, 0.2) is 53.1 Å². The molecule has 3 heterocycles. The lowest BCUT2D eigenvalue weighted by molar-refractivity contribution is -0.144. The molecule has 7 heteroatoms. The molecule has 1 aliphatic heterocycles. The second kappa shape index (κ2) is 7.55. The fraction of sp³-hybridized carbons (Fsp3) is 0.273. The molecule has 0 saturated carbocycles. The number of likely N-dealkylation sites (tertiary alicyclic amines) is 1. The van der Waals surface area contributed by atoms with Crippen LogP contribution in [0.25, 0.3) is 21.1 Å². The van der Waals surface area contributed by atoms with Gasteiger partial charge in [0.25, 0.3) is 0 Å². The van der Waals surface area contributed by atoms with Gasteiger partial charge in [-0.25, -0.2) is 4.98 Å². The lowest BCUT2D eigenvalue weighted by atomic mass is 9.95. The molecule has 0 bridgehead atoms. The minimum atomic E-state index is -0.807. The Kier molecular flexibility index (Phi) is 4.89. The number of aromatic nitrogens is 2. The van der Waals surface area contributed by atoms with E-state index in [9.17, 15) is 9.90 Å². The van der Waals surface area contributed by atoms with E-state index in [1.54, 1.807) is 11.3 Å². The first kappa shape index (κ1) is 18.8. The standard InChI is InChI=1S/C22H20BrN3O2S/c23-14-7-8-15-16(11-24-18(15)10-14)20(22(27)28)26-9-3-4-13(12-26)21-25-17-5-1-2-6-19(17)29-21/h1-2,5-8,10-11,13,20,24H,3-4,9,12H2,(H,27,28)/t13-,20+/m1/s1. The summed E-state index contributed by atoms with van der Waals surface area (Å²) in [5.74, 6) is -0.541. The van der Waals surface area contributed by atoms with E-state index in [-0.39, 0.29) is 5.92 Å². The molecule has 1 saturated heterocycles. The predicted molar refractivity (Wildman–Crippen MR) is 120 cm³/mol. The van der Waals surface area contributed by atoms with Gasteiger partial charge in [0, 0.05) is 39.6 Å². The van der Waals surface area contributed by atoms with Crippen molar-refractivity contribution < 1.29 is 9.90 Å². The van der Waals surface area contributed by atoms with E-state index in [4.69, 9.17) is 4.98 Å². The number of nitrogens with zero attached hydrogens (tertiary/aromatic N) is 2. The molecule has 29 heavy (non-hydrogen) atoms. The highest BCUT2D eigenvalue weighted by Crippen LogP contribution is 2.37. The van der Waals surface area contributed by atoms with Gasteiger partial charge in [0.2, 0.25) is 0 Å². The molecule has 0 spiro atoms. The number of fused-ring (bicyclic) bond motifs is 2. The van der Waals surface area contributed by atoms with E-state index in [0.29, 0.717) is 6.54 Å². The van der Waals surface area contributed by atoms with Gasteiger partial charge in [-0.15, -0.1) is 11.3 Å². The Labute approximate surface area is 180 Å². The number of hydrogen-bond donors (Lipinski definition) is 2. The summed E-state index contributed by atoms with van der Waals surface area (Å²) in [5, 5.41) is 12.2. The average molecular weight is 470 g/mol. The van der Waals surface area contributed by atoms with E-state index >= 15 is 0 Å². The van der Waals surface area contributed by atoms with Gasteiger partial charge in [-0.3, -0.25) is 9.69 Å². The minimum absolute atomic E-state index is 0.266. The fourth-order valence-corrected chi connectivity index (χ4v) is 5.79. The van der Waals surface area contributed by atoms with Crippen molar-refractivity contribution in [2.45, 2.75) is 24.8 Å². The number of para-hydroxylation sites is 1. The smallest absolute Gasteiger partial charge is 0.325 e. The van der Waals surface area contributed by atoms with Crippen LogP contribution in [0.2, 0.25) is 0 Å². The third-order valence-electron chi connectivity index (χ3n) is 5.68. The van der Waals surface area contributed by atoms with Crippen LogP contribution in [-0.4, -0.2) is 39.0 Å². The SMILES string of the molecule is O=C(O)[C@H](c1c[nH]c2cc(Br)ccc12)N1CCC[C@@H](c2nc3ccccc3s2)C1. The highest BCUT2D eigenvalue weighted by atomic mass is 79.9. The van der Waals surface area contributed by atoms with Crippen LogP contribution in [0.5, 0.6) is 0 Å². The van der Waals surface area contributed by atoms with Crippen LogP contribution in [0.1, 0.15) is 35.4 Å². The molecular weight excluding hydrogens is 450 g/mol. The van der Waals surface area contributed by atoms with Crippen molar-refractivity contribution in [1.82, 2.24) is 14.9 Å². The molecule has 2 atom stereocenters. The first-order valence-electron chi connectivity index (χ1n) is 9.69. The van der Waals surface area contributed by atoms with Crippen LogP contribution in [-0.2, 0) is 4.79 Å². The maximum absolute atomic E-state index is 12.3. The van der Waals surface area contributed by atoms with Gasteiger partial charge < -0.3 is 10.1 Å². The summed E-state index contributed by atoms with van der Waals surface area (Å²) in [4.78, 5) is 22.5. The topological polar surface area (TPSA) is 69.2 Å². The molecule has 0 radical (unpaired) electrons. The quantitative estimate of drug-likeness (QED) is 0.411. The Morgan fingerprint density at radius 3 is 3.00 bits per heavy atom. The maximum atomic E-state index is 12.3. The molecule has 148 valence electrons. The number of aromatic amines is 1. The predicted octanol–water partition coefficient (Wildman–Crippen LogP) is 5.55. The number of rotatable bonds is 4. The number of carboxylic acids is 1. The highest BCUT2D eigenvalue weighted by molar-refractivity contribution is 9.10. The van der Waals surface area contributed by atoms with Crippen molar-refractivity contribution in [3.05, 3.63) is 63.7 Å². The van der Waals surface area contributed by atoms with Crippen molar-refractivity contribution in [1.29, 1.82) is 0 Å². The van der Waals surface area contributed by atoms with Crippen LogP contribution in [0, 0.1) is 0 Å². The highest BCUT2D eigenvalue weighted by Gasteiger charge is 2.34. The van der Waals surface area contributed by atoms with Crippen molar-refractivity contribution in [2.75, 3.05) is 13.1 Å². The Morgan fingerprint density at radius 1 is 1.31 bits per heavy atom. The zero-order valence-corrected chi connectivity index (χ0v) is 18.0. The largest absolute Gasteiger partial charge is 0.480 e. The van der Waals surface area contributed by atoms with Crippen LogP contribution >= 0.6 is 27.3 Å². The summed E-state index contributed by atoms with van der Waals surface area (Å²) in [6, 6.07) is 13.4. The Hall–Kier alpha value is -2.22. The van der Waals surface area contributed by atoms with Gasteiger partial charge in [0.15, 0.2) is 0 Å². The molecular formula is C22H20BrN3O2S. The van der Waals surface area contributed by atoms with Gasteiger partial charge >= 0.3 is 5.97 Å². The number of benzene rings is 2. The van der Waals surface area contributed by atoms with Gasteiger partial charge in [0.05, 0.1) is 15.2 Å². The molecule has 2 aromatic carbocycles. The lowest BCUT2D eigenvalue weighted by Gasteiger charge is -2.35. The lowest BCUT2D eigenvalue weighted by Crippen LogP contribution is -2.40. The number of carboxylic acid groups (broad SMARTS) is 1. The van der Waals surface area contributed by atoms with E-state index in [2.05, 4.69) is 31.9 Å². The molecule has 4 aromatic rings. The molecule has 0 unspecified atom stereocenters.